The normalized spacial score (nSPS) is 24.8. The van der Waals surface area contributed by atoms with Gasteiger partial charge >= 0.3 is 5.97 Å². The lowest BCUT2D eigenvalue weighted by atomic mass is 9.78. The van der Waals surface area contributed by atoms with Crippen LogP contribution >= 0.6 is 0 Å². The van der Waals surface area contributed by atoms with Gasteiger partial charge < -0.3 is 18.9 Å². The summed E-state index contributed by atoms with van der Waals surface area (Å²) in [5.74, 6) is 3.86. The molecule has 0 bridgehead atoms. The molecule has 0 aromatic carbocycles. The number of methoxy groups -OCH3 is 2. The van der Waals surface area contributed by atoms with Gasteiger partial charge in [0.15, 0.2) is 0 Å². The first-order valence-electron chi connectivity index (χ1n) is 15.0. The third-order valence-corrected chi connectivity index (χ3v) is 8.09. The summed E-state index contributed by atoms with van der Waals surface area (Å²) < 4.78 is 21.2. The van der Waals surface area contributed by atoms with Gasteiger partial charge in [0, 0.05) is 20.1 Å². The molecule has 2 rings (SSSR count). The number of unbranched alkanes of at least 4 members (excludes halogenated alkanes) is 1. The van der Waals surface area contributed by atoms with E-state index in [-0.39, 0.29) is 11.9 Å². The van der Waals surface area contributed by atoms with Crippen molar-refractivity contribution in [1.29, 1.82) is 0 Å². The third kappa shape index (κ3) is 13.5. The molecule has 0 N–H and O–H groups in total. The molecule has 2 aliphatic carbocycles. The number of esters is 1. The number of carbonyl (C=O) groups is 1. The monoisotopic (exact) mass is 510 g/mol. The lowest BCUT2D eigenvalue weighted by Gasteiger charge is -2.31. The zero-order valence-electron chi connectivity index (χ0n) is 24.6. The van der Waals surface area contributed by atoms with E-state index in [9.17, 15) is 4.79 Å². The molecule has 0 aliphatic heterocycles. The summed E-state index contributed by atoms with van der Waals surface area (Å²) in [6.07, 6.45) is 17.6. The second kappa shape index (κ2) is 20.9. The van der Waals surface area contributed by atoms with Crippen molar-refractivity contribution in [3.05, 3.63) is 11.3 Å². The van der Waals surface area contributed by atoms with E-state index >= 15 is 0 Å². The van der Waals surface area contributed by atoms with E-state index in [1.165, 1.54) is 82.0 Å². The summed E-state index contributed by atoms with van der Waals surface area (Å²) in [7, 11) is 3.35. The highest BCUT2D eigenvalue weighted by atomic mass is 16.6. The van der Waals surface area contributed by atoms with Crippen LogP contribution < -0.4 is 0 Å². The Kier molecular flexibility index (Phi) is 19.2. The molecular formula is C31H58O5. The van der Waals surface area contributed by atoms with Crippen molar-refractivity contribution in [2.24, 2.45) is 23.7 Å². The Labute approximate surface area is 223 Å². The van der Waals surface area contributed by atoms with Crippen molar-refractivity contribution in [1.82, 2.24) is 0 Å². The molecule has 0 aromatic heterocycles. The molecule has 212 valence electrons. The number of hydrogen-bond donors (Lipinski definition) is 0. The van der Waals surface area contributed by atoms with E-state index in [1.807, 2.05) is 0 Å². The molecule has 2 aliphatic rings. The van der Waals surface area contributed by atoms with Gasteiger partial charge in [-0.2, -0.15) is 0 Å². The van der Waals surface area contributed by atoms with E-state index in [2.05, 4.69) is 27.7 Å². The van der Waals surface area contributed by atoms with Gasteiger partial charge in [0.2, 0.25) is 0 Å². The minimum absolute atomic E-state index is 0.0176. The van der Waals surface area contributed by atoms with Crippen molar-refractivity contribution in [2.45, 2.75) is 118 Å². The molecule has 0 unspecified atom stereocenters. The molecule has 2 saturated carbocycles. The van der Waals surface area contributed by atoms with Crippen molar-refractivity contribution in [3.8, 4) is 0 Å². The molecule has 2 fully saturated rings. The van der Waals surface area contributed by atoms with E-state index in [0.717, 1.165) is 31.1 Å². The highest BCUT2D eigenvalue weighted by Crippen LogP contribution is 2.37. The molecule has 0 amide bonds. The lowest BCUT2D eigenvalue weighted by Crippen LogP contribution is -2.24. The largest absolute Gasteiger partial charge is 0.495 e. The third-order valence-electron chi connectivity index (χ3n) is 8.09. The summed E-state index contributed by atoms with van der Waals surface area (Å²) in [4.78, 5) is 11.7. The highest BCUT2D eigenvalue weighted by molar-refractivity contribution is 5.72. The second-order valence-corrected chi connectivity index (χ2v) is 10.9. The van der Waals surface area contributed by atoms with Crippen LogP contribution in [0.5, 0.6) is 0 Å². The Morgan fingerprint density at radius 2 is 1.19 bits per heavy atom. The molecule has 0 atom stereocenters. The summed E-state index contributed by atoms with van der Waals surface area (Å²) in [6.45, 7) is 11.2. The first-order valence-corrected chi connectivity index (χ1v) is 15.0. The number of allylic oxidation sites excluding steroid dienone is 2. The molecule has 0 aromatic rings. The van der Waals surface area contributed by atoms with Crippen LogP contribution in [-0.2, 0) is 23.7 Å². The van der Waals surface area contributed by atoms with Crippen molar-refractivity contribution >= 4 is 5.97 Å². The zero-order valence-corrected chi connectivity index (χ0v) is 24.6. The predicted octanol–water partition coefficient (Wildman–Crippen LogP) is 8.11. The summed E-state index contributed by atoms with van der Waals surface area (Å²) in [5, 5.41) is 0. The van der Waals surface area contributed by atoms with Gasteiger partial charge in [-0.25, -0.2) is 0 Å². The summed E-state index contributed by atoms with van der Waals surface area (Å²) in [6, 6.07) is 0. The second-order valence-electron chi connectivity index (χ2n) is 10.9. The van der Waals surface area contributed by atoms with E-state index in [4.69, 9.17) is 18.9 Å². The molecule has 5 nitrogen and oxygen atoms in total. The van der Waals surface area contributed by atoms with Gasteiger partial charge in [-0.05, 0) is 82.1 Å². The van der Waals surface area contributed by atoms with Crippen LogP contribution in [0.15, 0.2) is 11.3 Å². The van der Waals surface area contributed by atoms with Crippen LogP contribution in [0.2, 0.25) is 0 Å². The van der Waals surface area contributed by atoms with Crippen LogP contribution in [0.25, 0.3) is 0 Å². The quantitative estimate of drug-likeness (QED) is 0.126. The molecule has 0 saturated heterocycles. The minimum atomic E-state index is -0.0176. The predicted molar refractivity (Wildman–Crippen MR) is 149 cm³/mol. The van der Waals surface area contributed by atoms with Gasteiger partial charge in [0.1, 0.15) is 13.2 Å². The van der Waals surface area contributed by atoms with E-state index in [0.29, 0.717) is 32.3 Å². The standard InChI is InChI=1S/C17H32O2.C14H26O3/c1-5-7-15-8-10-16(11-9-15)17(14(3)6-2)19-13-12-18-4;1-3-4-5-12-6-8-13(9-7-12)14(15)17-11-10-16-2/h15-16H,5-13H2,1-4H3;12-13H,3-11H2,1-2H3/b17-14-;. The minimum Gasteiger partial charge on any atom is -0.495 e. The highest BCUT2D eigenvalue weighted by Gasteiger charge is 2.27. The van der Waals surface area contributed by atoms with Crippen LogP contribution in [0.3, 0.4) is 0 Å². The molecule has 0 spiro atoms. The van der Waals surface area contributed by atoms with Crippen LogP contribution in [0.4, 0.5) is 0 Å². The topological polar surface area (TPSA) is 54.0 Å². The van der Waals surface area contributed by atoms with Crippen LogP contribution in [-0.4, -0.2) is 46.6 Å². The van der Waals surface area contributed by atoms with E-state index < -0.39 is 0 Å². The van der Waals surface area contributed by atoms with Gasteiger partial charge in [-0.1, -0.05) is 52.9 Å². The first kappa shape index (κ1) is 33.0. The van der Waals surface area contributed by atoms with Gasteiger partial charge in [-0.3, -0.25) is 4.79 Å². The fourth-order valence-electron chi connectivity index (χ4n) is 5.64. The van der Waals surface area contributed by atoms with Gasteiger partial charge in [0.05, 0.1) is 24.9 Å². The summed E-state index contributed by atoms with van der Waals surface area (Å²) >= 11 is 0. The number of rotatable bonds is 15. The lowest BCUT2D eigenvalue weighted by molar-refractivity contribution is -0.151. The smallest absolute Gasteiger partial charge is 0.309 e. The van der Waals surface area contributed by atoms with Crippen LogP contribution in [0, 0.1) is 23.7 Å². The van der Waals surface area contributed by atoms with Gasteiger partial charge in [-0.15, -0.1) is 0 Å². The Morgan fingerprint density at radius 1 is 0.667 bits per heavy atom. The van der Waals surface area contributed by atoms with Crippen molar-refractivity contribution in [2.75, 3.05) is 40.6 Å². The zero-order chi connectivity index (χ0) is 26.6. The van der Waals surface area contributed by atoms with Crippen molar-refractivity contribution < 1.29 is 23.7 Å². The van der Waals surface area contributed by atoms with Crippen molar-refractivity contribution in [3.63, 3.8) is 0 Å². The average Bonchev–Trinajstić information content (AvgIpc) is 2.91. The SMILES string of the molecule is CCCC1CCC(/C(OCCOC)=C(\C)CC)CC1.CCCCC1CCC(C(=O)OCCOC)CC1. The fourth-order valence-corrected chi connectivity index (χ4v) is 5.64. The summed E-state index contributed by atoms with van der Waals surface area (Å²) in [5.41, 5.74) is 1.43. The van der Waals surface area contributed by atoms with Crippen LogP contribution in [0.1, 0.15) is 118 Å². The van der Waals surface area contributed by atoms with Gasteiger partial charge in [0.25, 0.3) is 0 Å². The maximum Gasteiger partial charge on any atom is 0.309 e. The molecule has 5 heteroatoms. The fraction of sp³-hybridized carbons (Fsp3) is 0.903. The maximum absolute atomic E-state index is 11.7. The Morgan fingerprint density at radius 3 is 1.69 bits per heavy atom. The number of ether oxygens (including phenoxy) is 4. The Bertz CT molecular complexity index is 572. The van der Waals surface area contributed by atoms with E-state index in [1.54, 1.807) is 14.2 Å². The maximum atomic E-state index is 11.7. The first-order chi connectivity index (χ1) is 17.5. The number of carbonyl (C=O) groups excluding carboxylic acids is 1. The molecule has 0 heterocycles. The Hall–Kier alpha value is -1.07. The molecule has 36 heavy (non-hydrogen) atoms. The molecular weight excluding hydrogens is 452 g/mol. The Balaban J connectivity index is 0.000000362. The number of hydrogen-bond acceptors (Lipinski definition) is 5. The average molecular weight is 511 g/mol. The molecule has 0 radical (unpaired) electrons.